The highest BCUT2D eigenvalue weighted by atomic mass is 32.2. The van der Waals surface area contributed by atoms with Crippen LogP contribution in [0.15, 0.2) is 42.5 Å². The fraction of sp³-hybridized carbons (Fsp3) is 0.227. The number of ether oxygens (including phenoxy) is 3. The zero-order valence-corrected chi connectivity index (χ0v) is 17.1. The van der Waals surface area contributed by atoms with Crippen molar-refractivity contribution in [1.29, 1.82) is 0 Å². The van der Waals surface area contributed by atoms with Crippen molar-refractivity contribution in [1.82, 2.24) is 4.98 Å². The number of ketones is 1. The summed E-state index contributed by atoms with van der Waals surface area (Å²) in [4.78, 5) is 28.6. The molecule has 0 radical (unpaired) electrons. The molecule has 0 amide bonds. The van der Waals surface area contributed by atoms with Crippen molar-refractivity contribution in [2.45, 2.75) is 12.5 Å². The summed E-state index contributed by atoms with van der Waals surface area (Å²) in [7, 11) is 2.94. The Labute approximate surface area is 176 Å². The van der Waals surface area contributed by atoms with E-state index in [0.29, 0.717) is 5.88 Å². The molecule has 2 aromatic carbocycles. The number of thioether (sulfide) groups is 1. The van der Waals surface area contributed by atoms with Crippen molar-refractivity contribution < 1.29 is 28.2 Å². The van der Waals surface area contributed by atoms with Gasteiger partial charge < -0.3 is 14.2 Å². The van der Waals surface area contributed by atoms with Gasteiger partial charge in [-0.05, 0) is 12.1 Å². The molecule has 1 aliphatic heterocycles. The molecule has 8 heteroatoms. The van der Waals surface area contributed by atoms with E-state index < -0.39 is 11.7 Å². The van der Waals surface area contributed by atoms with Crippen LogP contribution in [0.3, 0.4) is 0 Å². The molecule has 1 atom stereocenters. The molecule has 0 N–H and O–H groups in total. The monoisotopic (exact) mass is 427 g/mol. The zero-order valence-electron chi connectivity index (χ0n) is 16.3. The first kappa shape index (κ1) is 20.2. The second-order valence-corrected chi connectivity index (χ2v) is 7.64. The quantitative estimate of drug-likeness (QED) is 0.553. The number of hydrogen-bond donors (Lipinski definition) is 0. The molecule has 1 aliphatic rings. The summed E-state index contributed by atoms with van der Waals surface area (Å²) >= 11 is 0.901. The van der Waals surface area contributed by atoms with Crippen LogP contribution in [0.5, 0.6) is 17.4 Å². The van der Waals surface area contributed by atoms with Crippen molar-refractivity contribution in [2.24, 2.45) is 0 Å². The number of para-hydroxylation sites is 1. The van der Waals surface area contributed by atoms with E-state index in [2.05, 4.69) is 4.98 Å². The van der Waals surface area contributed by atoms with E-state index in [1.165, 1.54) is 13.2 Å². The molecule has 4 rings (SSSR count). The summed E-state index contributed by atoms with van der Waals surface area (Å²) in [5, 5.41) is 0.559. The summed E-state index contributed by atoms with van der Waals surface area (Å²) in [6.07, 6.45) is 0. The number of halogens is 1. The number of pyridine rings is 1. The van der Waals surface area contributed by atoms with Gasteiger partial charge in [-0.2, -0.15) is 0 Å². The zero-order chi connectivity index (χ0) is 21.3. The minimum absolute atomic E-state index is 0.00325. The van der Waals surface area contributed by atoms with E-state index in [4.69, 9.17) is 14.2 Å². The lowest BCUT2D eigenvalue weighted by Crippen LogP contribution is -2.15. The molecular weight excluding hydrogens is 409 g/mol. The maximum Gasteiger partial charge on any atom is 0.213 e. The first-order valence-electron chi connectivity index (χ1n) is 9.14. The van der Waals surface area contributed by atoms with Crippen LogP contribution in [0.4, 0.5) is 4.39 Å². The highest BCUT2D eigenvalue weighted by molar-refractivity contribution is 8.15. The standard InChI is InChI=1S/C22H18FNO5S/c1-27-17-9-15(23)14(20-16(25)11-30-22(20)26)8-18(17)29-10-13-5-3-4-12-6-7-19(28-2)24-21(12)13/h3-9,20H,10-11H2,1-2H3. The average molecular weight is 427 g/mol. The molecule has 1 unspecified atom stereocenters. The lowest BCUT2D eigenvalue weighted by molar-refractivity contribution is -0.122. The molecule has 3 aromatic rings. The minimum atomic E-state index is -1.12. The van der Waals surface area contributed by atoms with Crippen LogP contribution in [-0.4, -0.2) is 35.9 Å². The van der Waals surface area contributed by atoms with Crippen LogP contribution in [0.2, 0.25) is 0 Å². The molecule has 2 heterocycles. The Bertz CT molecular complexity index is 1130. The number of carbonyl (C=O) groups is 2. The molecule has 0 saturated carbocycles. The number of hydrogen-bond acceptors (Lipinski definition) is 7. The van der Waals surface area contributed by atoms with Gasteiger partial charge in [0, 0.05) is 28.6 Å². The van der Waals surface area contributed by atoms with E-state index >= 15 is 0 Å². The van der Waals surface area contributed by atoms with Gasteiger partial charge >= 0.3 is 0 Å². The molecular formula is C22H18FNO5S. The Morgan fingerprint density at radius 1 is 1.10 bits per heavy atom. The summed E-state index contributed by atoms with van der Waals surface area (Å²) in [5.41, 5.74) is 1.52. The van der Waals surface area contributed by atoms with Gasteiger partial charge in [0.05, 0.1) is 25.5 Å². The second-order valence-electron chi connectivity index (χ2n) is 6.66. The Morgan fingerprint density at radius 2 is 1.93 bits per heavy atom. The maximum atomic E-state index is 14.6. The van der Waals surface area contributed by atoms with Gasteiger partial charge in [-0.3, -0.25) is 9.59 Å². The van der Waals surface area contributed by atoms with Crippen LogP contribution >= 0.6 is 11.8 Å². The van der Waals surface area contributed by atoms with Crippen molar-refractivity contribution >= 4 is 33.6 Å². The van der Waals surface area contributed by atoms with Crippen LogP contribution in [-0.2, 0) is 16.2 Å². The predicted octanol–water partition coefficient (Wildman–Crippen LogP) is 3.90. The first-order chi connectivity index (χ1) is 14.5. The SMILES string of the molecule is COc1ccc2cccc(COc3cc(C4C(=O)CSC4=O)c(F)cc3OC)c2n1. The van der Waals surface area contributed by atoms with E-state index in [0.717, 1.165) is 34.3 Å². The van der Waals surface area contributed by atoms with Crippen LogP contribution in [0.1, 0.15) is 17.0 Å². The van der Waals surface area contributed by atoms with Gasteiger partial charge in [0.25, 0.3) is 0 Å². The number of rotatable bonds is 6. The number of fused-ring (bicyclic) bond motifs is 1. The van der Waals surface area contributed by atoms with E-state index in [-0.39, 0.29) is 40.3 Å². The third-order valence-corrected chi connectivity index (χ3v) is 5.83. The fourth-order valence-corrected chi connectivity index (χ4v) is 4.24. The largest absolute Gasteiger partial charge is 0.493 e. The Morgan fingerprint density at radius 3 is 2.63 bits per heavy atom. The fourth-order valence-electron chi connectivity index (χ4n) is 3.36. The molecule has 0 spiro atoms. The topological polar surface area (TPSA) is 74.7 Å². The third kappa shape index (κ3) is 3.70. The lowest BCUT2D eigenvalue weighted by atomic mass is 9.96. The number of methoxy groups -OCH3 is 2. The number of nitrogens with zero attached hydrogens (tertiary/aromatic N) is 1. The molecule has 30 heavy (non-hydrogen) atoms. The molecule has 1 aromatic heterocycles. The van der Waals surface area contributed by atoms with E-state index in [9.17, 15) is 14.0 Å². The summed E-state index contributed by atoms with van der Waals surface area (Å²) < 4.78 is 31.0. The van der Waals surface area contributed by atoms with Gasteiger partial charge in [0.2, 0.25) is 11.0 Å². The Hall–Kier alpha value is -3.13. The minimum Gasteiger partial charge on any atom is -0.493 e. The summed E-state index contributed by atoms with van der Waals surface area (Å²) in [6, 6.07) is 11.9. The van der Waals surface area contributed by atoms with Crippen LogP contribution in [0, 0.1) is 5.82 Å². The van der Waals surface area contributed by atoms with E-state index in [1.54, 1.807) is 13.2 Å². The predicted molar refractivity (Wildman–Crippen MR) is 111 cm³/mol. The van der Waals surface area contributed by atoms with E-state index in [1.807, 2.05) is 24.3 Å². The molecule has 6 nitrogen and oxygen atoms in total. The maximum absolute atomic E-state index is 14.6. The number of benzene rings is 2. The van der Waals surface area contributed by atoms with Gasteiger partial charge in [-0.1, -0.05) is 30.0 Å². The van der Waals surface area contributed by atoms with Crippen molar-refractivity contribution in [3.63, 3.8) is 0 Å². The first-order valence-corrected chi connectivity index (χ1v) is 10.1. The molecule has 1 saturated heterocycles. The average Bonchev–Trinajstić information content (AvgIpc) is 3.10. The molecule has 154 valence electrons. The smallest absolute Gasteiger partial charge is 0.213 e. The van der Waals surface area contributed by atoms with Crippen molar-refractivity contribution in [3.8, 4) is 17.4 Å². The molecule has 1 fully saturated rings. The Kier molecular flexibility index (Phi) is 5.59. The Balaban J connectivity index is 1.68. The van der Waals surface area contributed by atoms with Gasteiger partial charge in [-0.15, -0.1) is 0 Å². The highest BCUT2D eigenvalue weighted by Crippen LogP contribution is 2.38. The van der Waals surface area contributed by atoms with Crippen molar-refractivity contribution in [2.75, 3.05) is 20.0 Å². The number of aromatic nitrogens is 1. The second kappa shape index (κ2) is 8.31. The van der Waals surface area contributed by atoms with Gasteiger partial charge in [0.1, 0.15) is 18.3 Å². The van der Waals surface area contributed by atoms with Crippen LogP contribution in [0.25, 0.3) is 10.9 Å². The number of Topliss-reactive ketones (excluding diaryl/α,β-unsaturated/α-hetero) is 1. The summed E-state index contributed by atoms with van der Waals surface area (Å²) in [6.45, 7) is 0.125. The molecule has 0 bridgehead atoms. The normalized spacial score (nSPS) is 16.2. The third-order valence-electron chi connectivity index (χ3n) is 4.88. The van der Waals surface area contributed by atoms with Crippen LogP contribution < -0.4 is 14.2 Å². The number of carbonyl (C=O) groups excluding carboxylic acids is 2. The molecule has 0 aliphatic carbocycles. The summed E-state index contributed by atoms with van der Waals surface area (Å²) in [5.74, 6) is -1.16. The van der Waals surface area contributed by atoms with Crippen molar-refractivity contribution in [3.05, 3.63) is 59.4 Å². The van der Waals surface area contributed by atoms with Gasteiger partial charge in [-0.25, -0.2) is 9.37 Å². The lowest BCUT2D eigenvalue weighted by Gasteiger charge is -2.16. The highest BCUT2D eigenvalue weighted by Gasteiger charge is 2.37. The van der Waals surface area contributed by atoms with Gasteiger partial charge in [0.15, 0.2) is 17.3 Å².